The number of amides is 1. The first-order valence-electron chi connectivity index (χ1n) is 12.3. The summed E-state index contributed by atoms with van der Waals surface area (Å²) >= 11 is 6.13. The van der Waals surface area contributed by atoms with E-state index in [0.717, 1.165) is 45.4 Å². The Morgan fingerprint density at radius 3 is 2.62 bits per heavy atom. The van der Waals surface area contributed by atoms with E-state index in [0.29, 0.717) is 36.0 Å². The molecule has 0 spiro atoms. The van der Waals surface area contributed by atoms with Crippen molar-refractivity contribution >= 4 is 17.5 Å². The lowest BCUT2D eigenvalue weighted by molar-refractivity contribution is -0.127. The molecular weight excluding hydrogens is 426 g/mol. The molecule has 1 saturated carbocycles. The Morgan fingerprint density at radius 1 is 1.16 bits per heavy atom. The molecule has 0 bridgehead atoms. The molecule has 32 heavy (non-hydrogen) atoms. The van der Waals surface area contributed by atoms with E-state index in [4.69, 9.17) is 17.0 Å². The first-order valence-corrected chi connectivity index (χ1v) is 12.7. The highest BCUT2D eigenvalue weighted by atomic mass is 35.5. The number of nitrogens with one attached hydrogen (secondary N) is 5. The molecule has 0 radical (unpaired) electrons. The molecule has 5 atom stereocenters. The van der Waals surface area contributed by atoms with E-state index in [1.54, 1.807) is 0 Å². The Balaban J connectivity index is 1.40. The lowest BCUT2D eigenvalue weighted by Gasteiger charge is -2.41. The molecule has 3 aliphatic rings. The first-order chi connectivity index (χ1) is 15.4. The number of rotatable bonds is 6. The number of aryl methyl sites for hydroxylation is 1. The molecule has 3 heterocycles. The predicted octanol–water partition coefficient (Wildman–Crippen LogP) is 0.969. The summed E-state index contributed by atoms with van der Waals surface area (Å²) in [5.74, 6) is 1.92. The van der Waals surface area contributed by atoms with Gasteiger partial charge in [0.1, 0.15) is 0 Å². The van der Waals surface area contributed by atoms with Crippen molar-refractivity contribution in [3.8, 4) is 0 Å². The van der Waals surface area contributed by atoms with E-state index in [1.165, 1.54) is 12.8 Å². The largest absolute Gasteiger partial charge is 0.353 e. The monoisotopic (exact) mass is 465 g/mol. The first kappa shape index (κ1) is 23.8. The summed E-state index contributed by atoms with van der Waals surface area (Å²) in [4.78, 5) is 13.2. The number of hydrogen-bond acceptors (Lipinski definition) is 5. The third-order valence-corrected chi connectivity index (χ3v) is 8.03. The maximum absolute atomic E-state index is 13.2. The second-order valence-corrected chi connectivity index (χ2v) is 10.9. The average Bonchev–Trinajstić information content (AvgIpc) is 3.10. The highest BCUT2D eigenvalue weighted by Gasteiger charge is 2.38. The summed E-state index contributed by atoms with van der Waals surface area (Å²) in [7, 11) is 1.91. The van der Waals surface area contributed by atoms with E-state index < -0.39 is 0 Å². The van der Waals surface area contributed by atoms with E-state index in [-0.39, 0.29) is 23.4 Å². The van der Waals surface area contributed by atoms with Gasteiger partial charge in [0, 0.05) is 57.6 Å². The van der Waals surface area contributed by atoms with Gasteiger partial charge in [-0.25, -0.2) is 0 Å². The minimum absolute atomic E-state index is 0.0480. The number of carbonyl (C=O) groups is 1. The van der Waals surface area contributed by atoms with Gasteiger partial charge in [-0.2, -0.15) is 0 Å². The molecule has 0 aromatic carbocycles. The number of carbonyl (C=O) groups excluding carboxylic acids is 1. The van der Waals surface area contributed by atoms with Gasteiger partial charge in [0.15, 0.2) is 0 Å². The van der Waals surface area contributed by atoms with Crippen LogP contribution in [0.5, 0.6) is 0 Å². The normalized spacial score (nSPS) is 36.0. The highest BCUT2D eigenvalue weighted by molar-refractivity contribution is 6.21. The van der Waals surface area contributed by atoms with Crippen molar-refractivity contribution < 1.29 is 4.79 Å². The van der Waals surface area contributed by atoms with E-state index in [1.807, 2.05) is 28.6 Å². The van der Waals surface area contributed by atoms with Gasteiger partial charge < -0.3 is 19.8 Å². The molecule has 5 N–H and O–H groups in total. The fourth-order valence-electron chi connectivity index (χ4n) is 5.96. The van der Waals surface area contributed by atoms with Gasteiger partial charge in [0.25, 0.3) is 0 Å². The number of halogens is 1. The zero-order valence-electron chi connectivity index (χ0n) is 19.4. The molecule has 1 aromatic heterocycles. The van der Waals surface area contributed by atoms with Crippen LogP contribution in [0.15, 0.2) is 12.4 Å². The van der Waals surface area contributed by atoms with Gasteiger partial charge in [-0.05, 0) is 63.3 Å². The minimum atomic E-state index is 0.0480. The van der Waals surface area contributed by atoms with Gasteiger partial charge in [-0.1, -0.05) is 0 Å². The zero-order valence-corrected chi connectivity index (χ0v) is 20.2. The zero-order chi connectivity index (χ0) is 22.7. The SMILES string of the molecule is CC1CC(C2CC(Cn3ccn(C)c3=N)CC(C(=O)NCC3NCC(Cl)CN3)C2)CCN1. The average molecular weight is 466 g/mol. The van der Waals surface area contributed by atoms with Gasteiger partial charge in [-0.3, -0.25) is 20.8 Å². The van der Waals surface area contributed by atoms with Crippen LogP contribution >= 0.6 is 11.6 Å². The number of nitrogens with zero attached hydrogens (tertiary/aromatic N) is 2. The molecule has 9 heteroatoms. The third-order valence-electron chi connectivity index (χ3n) is 7.73. The Morgan fingerprint density at radius 2 is 1.94 bits per heavy atom. The topological polar surface area (TPSA) is 98.9 Å². The van der Waals surface area contributed by atoms with Crippen LogP contribution in [0.2, 0.25) is 0 Å². The van der Waals surface area contributed by atoms with Crippen molar-refractivity contribution in [2.24, 2.45) is 30.7 Å². The van der Waals surface area contributed by atoms with Crippen molar-refractivity contribution in [2.45, 2.75) is 63.2 Å². The van der Waals surface area contributed by atoms with E-state index in [9.17, 15) is 4.79 Å². The lowest BCUT2D eigenvalue weighted by atomic mass is 9.67. The van der Waals surface area contributed by atoms with Crippen LogP contribution in [-0.2, 0) is 18.4 Å². The molecule has 1 aromatic rings. The summed E-state index contributed by atoms with van der Waals surface area (Å²) in [5.41, 5.74) is 0.524. The fourth-order valence-corrected chi connectivity index (χ4v) is 6.14. The molecule has 8 nitrogen and oxygen atoms in total. The van der Waals surface area contributed by atoms with Crippen LogP contribution in [-0.4, -0.2) is 58.8 Å². The van der Waals surface area contributed by atoms with Crippen molar-refractivity contribution in [3.63, 3.8) is 0 Å². The number of aromatic nitrogens is 2. The Hall–Kier alpha value is -1.35. The molecule has 5 unspecified atom stereocenters. The molecule has 1 aliphatic carbocycles. The lowest BCUT2D eigenvalue weighted by Crippen LogP contribution is -2.58. The van der Waals surface area contributed by atoms with Crippen LogP contribution in [0.1, 0.15) is 39.0 Å². The fraction of sp³-hybridized carbons (Fsp3) is 0.826. The van der Waals surface area contributed by atoms with Crippen molar-refractivity contribution in [2.75, 3.05) is 26.2 Å². The second kappa shape index (κ2) is 10.7. The van der Waals surface area contributed by atoms with Gasteiger partial charge in [0.2, 0.25) is 11.5 Å². The summed E-state index contributed by atoms with van der Waals surface area (Å²) in [5, 5.41) is 21.9. The molecule has 2 saturated heterocycles. The maximum atomic E-state index is 13.2. The van der Waals surface area contributed by atoms with Gasteiger partial charge in [-0.15, -0.1) is 11.6 Å². The molecular formula is C23H40ClN7O. The van der Waals surface area contributed by atoms with Crippen molar-refractivity contribution in [3.05, 3.63) is 18.0 Å². The second-order valence-electron chi connectivity index (χ2n) is 10.3. The summed E-state index contributed by atoms with van der Waals surface area (Å²) in [6, 6.07) is 0.555. The number of hydrogen-bond donors (Lipinski definition) is 5. The summed E-state index contributed by atoms with van der Waals surface area (Å²) in [6.45, 7) is 6.29. The van der Waals surface area contributed by atoms with Crippen LogP contribution < -0.4 is 26.9 Å². The van der Waals surface area contributed by atoms with E-state index in [2.05, 4.69) is 28.2 Å². The summed E-state index contributed by atoms with van der Waals surface area (Å²) < 4.78 is 3.88. The molecule has 2 aliphatic heterocycles. The third kappa shape index (κ3) is 5.95. The molecule has 1 amide bonds. The Labute approximate surface area is 196 Å². The molecule has 180 valence electrons. The maximum Gasteiger partial charge on any atom is 0.223 e. The van der Waals surface area contributed by atoms with Gasteiger partial charge >= 0.3 is 0 Å². The van der Waals surface area contributed by atoms with E-state index >= 15 is 0 Å². The smallest absolute Gasteiger partial charge is 0.223 e. The standard InChI is InChI=1S/C23H40ClN7O/c1-15-7-17(3-4-26-15)18-8-16(14-31-6-5-30(2)23(31)25)9-19(10-18)22(32)29-13-21-27-11-20(24)12-28-21/h5-6,15-21,25-28H,3-4,7-14H2,1-2H3,(H,29,32). The van der Waals surface area contributed by atoms with Crippen LogP contribution in [0.25, 0.3) is 0 Å². The predicted molar refractivity (Wildman–Crippen MR) is 126 cm³/mol. The van der Waals surface area contributed by atoms with Crippen LogP contribution in [0.4, 0.5) is 0 Å². The highest BCUT2D eigenvalue weighted by Crippen LogP contribution is 2.41. The number of alkyl halides is 1. The molecule has 4 rings (SSSR count). The summed E-state index contributed by atoms with van der Waals surface area (Å²) in [6.07, 6.45) is 9.47. The Bertz CT molecular complexity index is 816. The molecule has 3 fully saturated rings. The van der Waals surface area contributed by atoms with Crippen LogP contribution in [0, 0.1) is 29.1 Å². The van der Waals surface area contributed by atoms with Crippen molar-refractivity contribution in [1.29, 1.82) is 5.41 Å². The van der Waals surface area contributed by atoms with Crippen LogP contribution in [0.3, 0.4) is 0 Å². The van der Waals surface area contributed by atoms with Gasteiger partial charge in [0.05, 0.1) is 11.5 Å². The quantitative estimate of drug-likeness (QED) is 0.404. The van der Waals surface area contributed by atoms with Crippen molar-refractivity contribution in [1.82, 2.24) is 30.4 Å². The minimum Gasteiger partial charge on any atom is -0.353 e. The number of piperidine rings is 1. The number of imidazole rings is 1. The Kier molecular flexibility index (Phi) is 7.97.